The quantitative estimate of drug-likeness (QED) is 0.344. The average Bonchev–Trinajstić information content (AvgIpc) is 2.85. The van der Waals surface area contributed by atoms with Crippen LogP contribution in [-0.4, -0.2) is 20.9 Å². The molecule has 0 bridgehead atoms. The smallest absolute Gasteiger partial charge is 0.416 e. The Labute approximate surface area is 199 Å². The van der Waals surface area contributed by atoms with Gasteiger partial charge in [-0.3, -0.25) is 4.79 Å². The van der Waals surface area contributed by atoms with Crippen molar-refractivity contribution in [1.82, 2.24) is 15.0 Å². The van der Waals surface area contributed by atoms with Crippen molar-refractivity contribution >= 4 is 11.6 Å². The molecule has 0 spiro atoms. The third-order valence-electron chi connectivity index (χ3n) is 5.27. The van der Waals surface area contributed by atoms with Crippen molar-refractivity contribution in [1.29, 1.82) is 0 Å². The van der Waals surface area contributed by atoms with E-state index in [1.165, 1.54) is 25.1 Å². The summed E-state index contributed by atoms with van der Waals surface area (Å²) in [5, 5.41) is 2.55. The minimum Gasteiger partial charge on any atom is -0.438 e. The van der Waals surface area contributed by atoms with Crippen LogP contribution in [0.1, 0.15) is 34.2 Å². The highest BCUT2D eigenvalue weighted by Gasteiger charge is 2.33. The molecule has 1 N–H and O–H groups in total. The predicted octanol–water partition coefficient (Wildman–Crippen LogP) is 6.47. The van der Waals surface area contributed by atoms with Crippen LogP contribution in [0.2, 0.25) is 0 Å². The first-order chi connectivity index (χ1) is 16.8. The maximum Gasteiger partial charge on any atom is 0.416 e. The van der Waals surface area contributed by atoms with Gasteiger partial charge in [0.2, 0.25) is 5.88 Å². The van der Waals surface area contributed by atoms with E-state index in [1.807, 2.05) is 13.0 Å². The van der Waals surface area contributed by atoms with Gasteiger partial charge in [0.1, 0.15) is 11.6 Å². The molecule has 4 rings (SSSR count). The molecule has 2 aromatic carbocycles. The number of aromatic nitrogens is 3. The lowest BCUT2D eigenvalue weighted by molar-refractivity contribution is -0.138. The third kappa shape index (κ3) is 5.46. The monoisotopic (exact) mass is 478 g/mol. The number of nitrogens with zero attached hydrogens (tertiary/aromatic N) is 3. The van der Waals surface area contributed by atoms with Crippen molar-refractivity contribution in [2.45, 2.75) is 26.4 Å². The van der Waals surface area contributed by atoms with Crippen LogP contribution in [0.3, 0.4) is 0 Å². The Bertz CT molecular complexity index is 1370. The highest BCUT2D eigenvalue weighted by molar-refractivity contribution is 6.05. The van der Waals surface area contributed by atoms with Crippen LogP contribution in [0.25, 0.3) is 11.3 Å². The number of alkyl halides is 3. The first-order valence-corrected chi connectivity index (χ1v) is 10.8. The van der Waals surface area contributed by atoms with E-state index < -0.39 is 17.6 Å². The van der Waals surface area contributed by atoms with Crippen LogP contribution in [0, 0.1) is 6.92 Å². The van der Waals surface area contributed by atoms with Gasteiger partial charge in [-0.05, 0) is 61.0 Å². The number of anilines is 1. The lowest BCUT2D eigenvalue weighted by Gasteiger charge is -2.15. The Kier molecular flexibility index (Phi) is 6.77. The van der Waals surface area contributed by atoms with Crippen molar-refractivity contribution in [3.8, 4) is 22.9 Å². The number of carbonyl (C=O) groups is 1. The number of benzene rings is 2. The number of hydrogen-bond acceptors (Lipinski definition) is 5. The molecule has 0 saturated carbocycles. The number of carbonyl (C=O) groups excluding carboxylic acids is 1. The fourth-order valence-electron chi connectivity index (χ4n) is 3.47. The van der Waals surface area contributed by atoms with E-state index >= 15 is 0 Å². The molecule has 0 saturated heterocycles. The second-order valence-electron chi connectivity index (χ2n) is 7.63. The predicted molar refractivity (Wildman–Crippen MR) is 125 cm³/mol. The van der Waals surface area contributed by atoms with E-state index in [0.717, 1.165) is 6.07 Å². The molecule has 2 aromatic heterocycles. The number of aryl methyl sites for hydroxylation is 1. The molecule has 0 aliphatic heterocycles. The summed E-state index contributed by atoms with van der Waals surface area (Å²) in [6.45, 7) is 3.27. The molecule has 2 heterocycles. The molecular weight excluding hydrogens is 457 g/mol. The molecule has 0 atom stereocenters. The number of pyridine rings is 1. The van der Waals surface area contributed by atoms with Gasteiger partial charge in [-0.15, -0.1) is 0 Å². The SMILES string of the molecule is CCc1nccc(-c2cccnc2Oc2cccc(C(=O)Nc3cccc(C(F)(F)F)c3C)c2)n1. The normalized spacial score (nSPS) is 11.2. The van der Waals surface area contributed by atoms with Crippen LogP contribution in [0.15, 0.2) is 73.1 Å². The number of hydrogen-bond donors (Lipinski definition) is 1. The van der Waals surface area contributed by atoms with E-state index in [0.29, 0.717) is 35.1 Å². The number of nitrogens with one attached hydrogen (secondary N) is 1. The first-order valence-electron chi connectivity index (χ1n) is 10.8. The van der Waals surface area contributed by atoms with E-state index in [4.69, 9.17) is 4.74 Å². The Morgan fingerprint density at radius 3 is 2.57 bits per heavy atom. The molecule has 6 nitrogen and oxygen atoms in total. The van der Waals surface area contributed by atoms with Gasteiger partial charge < -0.3 is 10.1 Å². The number of halogens is 3. The van der Waals surface area contributed by atoms with Crippen molar-refractivity contribution in [3.63, 3.8) is 0 Å². The van der Waals surface area contributed by atoms with Gasteiger partial charge in [0.25, 0.3) is 5.91 Å². The minimum absolute atomic E-state index is 0.0600. The maximum atomic E-state index is 13.2. The maximum absolute atomic E-state index is 13.2. The first kappa shape index (κ1) is 23.9. The van der Waals surface area contributed by atoms with Crippen LogP contribution < -0.4 is 10.1 Å². The van der Waals surface area contributed by atoms with Gasteiger partial charge in [-0.1, -0.05) is 19.1 Å². The Morgan fingerprint density at radius 2 is 1.80 bits per heavy atom. The molecule has 0 aliphatic carbocycles. The lowest BCUT2D eigenvalue weighted by atomic mass is 10.1. The third-order valence-corrected chi connectivity index (χ3v) is 5.27. The van der Waals surface area contributed by atoms with E-state index in [-0.39, 0.29) is 16.8 Å². The van der Waals surface area contributed by atoms with E-state index in [2.05, 4.69) is 20.3 Å². The van der Waals surface area contributed by atoms with Crippen molar-refractivity contribution < 1.29 is 22.7 Å². The number of rotatable bonds is 6. The largest absolute Gasteiger partial charge is 0.438 e. The lowest BCUT2D eigenvalue weighted by Crippen LogP contribution is -2.15. The zero-order chi connectivity index (χ0) is 25.0. The zero-order valence-electron chi connectivity index (χ0n) is 18.9. The van der Waals surface area contributed by atoms with Crippen LogP contribution >= 0.6 is 0 Å². The molecular formula is C26H21F3N4O2. The fourth-order valence-corrected chi connectivity index (χ4v) is 3.47. The van der Waals surface area contributed by atoms with Crippen LogP contribution in [-0.2, 0) is 12.6 Å². The van der Waals surface area contributed by atoms with Crippen LogP contribution in [0.5, 0.6) is 11.6 Å². The molecule has 35 heavy (non-hydrogen) atoms. The average molecular weight is 478 g/mol. The Morgan fingerprint density at radius 1 is 1.00 bits per heavy atom. The number of amides is 1. The van der Waals surface area contributed by atoms with Gasteiger partial charge in [-0.2, -0.15) is 13.2 Å². The minimum atomic E-state index is -4.51. The molecule has 4 aromatic rings. The molecule has 0 radical (unpaired) electrons. The van der Waals surface area contributed by atoms with E-state index in [1.54, 1.807) is 42.7 Å². The van der Waals surface area contributed by atoms with Gasteiger partial charge in [0, 0.05) is 30.1 Å². The highest BCUT2D eigenvalue weighted by Crippen LogP contribution is 2.35. The summed E-state index contributed by atoms with van der Waals surface area (Å²) < 4.78 is 45.6. The summed E-state index contributed by atoms with van der Waals surface area (Å²) in [6, 6.07) is 15.3. The van der Waals surface area contributed by atoms with Crippen LogP contribution in [0.4, 0.5) is 18.9 Å². The number of ether oxygens (including phenoxy) is 1. The summed E-state index contributed by atoms with van der Waals surface area (Å²) in [5.74, 6) is 0.742. The summed E-state index contributed by atoms with van der Waals surface area (Å²) in [6.07, 6.45) is -0.597. The summed E-state index contributed by atoms with van der Waals surface area (Å²) in [4.78, 5) is 25.8. The fraction of sp³-hybridized carbons (Fsp3) is 0.154. The Balaban J connectivity index is 1.58. The second-order valence-corrected chi connectivity index (χ2v) is 7.63. The summed E-state index contributed by atoms with van der Waals surface area (Å²) >= 11 is 0. The zero-order valence-corrected chi connectivity index (χ0v) is 18.9. The second kappa shape index (κ2) is 9.92. The standard InChI is InChI=1S/C26H21F3N4O2/c1-3-23-30-14-12-22(32-23)19-9-6-13-31-25(19)35-18-8-4-7-17(15-18)24(34)33-21-11-5-10-20(16(21)2)26(27,28)29/h4-15H,3H2,1-2H3,(H,33,34). The molecule has 1 amide bonds. The molecule has 178 valence electrons. The molecule has 0 unspecified atom stereocenters. The van der Waals surface area contributed by atoms with Gasteiger partial charge in [-0.25, -0.2) is 15.0 Å². The van der Waals surface area contributed by atoms with Crippen molar-refractivity contribution in [3.05, 3.63) is 95.6 Å². The molecule has 0 fully saturated rings. The van der Waals surface area contributed by atoms with Crippen molar-refractivity contribution in [2.75, 3.05) is 5.32 Å². The Hall–Kier alpha value is -4.27. The van der Waals surface area contributed by atoms with Crippen molar-refractivity contribution in [2.24, 2.45) is 0 Å². The molecule has 9 heteroatoms. The van der Waals surface area contributed by atoms with Gasteiger partial charge >= 0.3 is 6.18 Å². The van der Waals surface area contributed by atoms with Gasteiger partial charge in [0.05, 0.1) is 16.8 Å². The van der Waals surface area contributed by atoms with E-state index in [9.17, 15) is 18.0 Å². The molecule has 0 aliphatic rings. The summed E-state index contributed by atoms with van der Waals surface area (Å²) in [5.41, 5.74) is 0.736. The topological polar surface area (TPSA) is 77.0 Å². The summed E-state index contributed by atoms with van der Waals surface area (Å²) in [7, 11) is 0. The van der Waals surface area contributed by atoms with Gasteiger partial charge in [0.15, 0.2) is 0 Å². The highest BCUT2D eigenvalue weighted by atomic mass is 19.4.